The van der Waals surface area contributed by atoms with Crippen molar-refractivity contribution in [3.8, 4) is 39.1 Å². The molecule has 0 bridgehead atoms. The molecular formula is C20H15N7O3S. The van der Waals surface area contributed by atoms with Crippen LogP contribution in [0.5, 0.6) is 5.75 Å². The second-order valence-corrected chi connectivity index (χ2v) is 7.68. The maximum Gasteiger partial charge on any atom is 0.273 e. The monoisotopic (exact) mass is 433 g/mol. The molecule has 3 heterocycles. The Kier molecular flexibility index (Phi) is 4.44. The van der Waals surface area contributed by atoms with Crippen LogP contribution in [0.1, 0.15) is 5.56 Å². The number of nitro benzene ring substituents is 1. The first-order valence-corrected chi connectivity index (χ1v) is 10.0. The van der Waals surface area contributed by atoms with Crippen LogP contribution in [0.3, 0.4) is 0 Å². The molecule has 154 valence electrons. The van der Waals surface area contributed by atoms with E-state index in [4.69, 9.17) is 4.74 Å². The summed E-state index contributed by atoms with van der Waals surface area (Å²) in [4.78, 5) is 11.5. The van der Waals surface area contributed by atoms with E-state index in [2.05, 4.69) is 25.5 Å². The van der Waals surface area contributed by atoms with Gasteiger partial charge in [0.25, 0.3) is 5.69 Å². The lowest BCUT2D eigenvalue weighted by molar-refractivity contribution is -0.385. The molecule has 11 heteroatoms. The third-order valence-electron chi connectivity index (χ3n) is 4.93. The smallest absolute Gasteiger partial charge is 0.273 e. The number of rotatable bonds is 5. The second-order valence-electron chi connectivity index (χ2n) is 6.73. The van der Waals surface area contributed by atoms with Crippen LogP contribution in [0.25, 0.3) is 38.3 Å². The van der Waals surface area contributed by atoms with Crippen molar-refractivity contribution in [3.05, 3.63) is 64.2 Å². The van der Waals surface area contributed by atoms with Gasteiger partial charge in [0.15, 0.2) is 10.8 Å². The molecule has 0 aliphatic carbocycles. The van der Waals surface area contributed by atoms with Gasteiger partial charge in [-0.3, -0.25) is 15.2 Å². The SMILES string of the molecule is COc1ccc(-c2cc(-c3nn4c(-c5cccc([N+](=O)[O-])c5C)nnc4s3)[nH]n2)cc1. The van der Waals surface area contributed by atoms with Crippen molar-refractivity contribution in [1.29, 1.82) is 0 Å². The maximum atomic E-state index is 11.3. The van der Waals surface area contributed by atoms with Crippen LogP contribution in [0.4, 0.5) is 5.69 Å². The Morgan fingerprint density at radius 2 is 1.97 bits per heavy atom. The van der Waals surface area contributed by atoms with Crippen molar-refractivity contribution in [2.75, 3.05) is 7.11 Å². The van der Waals surface area contributed by atoms with E-state index in [0.29, 0.717) is 26.9 Å². The number of hydrogen-bond acceptors (Lipinski definition) is 8. The summed E-state index contributed by atoms with van der Waals surface area (Å²) in [5, 5.41) is 32.4. The normalized spacial score (nSPS) is 11.2. The molecule has 0 saturated heterocycles. The second kappa shape index (κ2) is 7.29. The number of aromatic amines is 1. The molecule has 0 aliphatic heterocycles. The molecule has 31 heavy (non-hydrogen) atoms. The van der Waals surface area contributed by atoms with Gasteiger partial charge < -0.3 is 4.74 Å². The van der Waals surface area contributed by atoms with E-state index in [1.165, 1.54) is 17.4 Å². The molecule has 10 nitrogen and oxygen atoms in total. The molecule has 0 radical (unpaired) electrons. The van der Waals surface area contributed by atoms with Crippen LogP contribution < -0.4 is 4.74 Å². The Morgan fingerprint density at radius 3 is 2.71 bits per heavy atom. The Bertz CT molecular complexity index is 1420. The highest BCUT2D eigenvalue weighted by Gasteiger charge is 2.21. The molecule has 0 saturated carbocycles. The van der Waals surface area contributed by atoms with E-state index in [-0.39, 0.29) is 5.69 Å². The Balaban J connectivity index is 1.53. The molecule has 0 fully saturated rings. The molecule has 0 atom stereocenters. The van der Waals surface area contributed by atoms with E-state index in [1.807, 2.05) is 30.3 Å². The lowest BCUT2D eigenvalue weighted by Crippen LogP contribution is -1.97. The Hall–Kier alpha value is -4.12. The molecule has 0 spiro atoms. The van der Waals surface area contributed by atoms with Crippen LogP contribution in [-0.4, -0.2) is 42.0 Å². The zero-order valence-electron chi connectivity index (χ0n) is 16.4. The minimum atomic E-state index is -0.408. The van der Waals surface area contributed by atoms with Crippen LogP contribution in [0.15, 0.2) is 48.5 Å². The molecule has 2 aromatic carbocycles. The minimum absolute atomic E-state index is 0.0300. The minimum Gasteiger partial charge on any atom is -0.497 e. The first-order valence-electron chi connectivity index (χ1n) is 9.22. The fraction of sp³-hybridized carbons (Fsp3) is 0.100. The molecule has 0 aliphatic rings. The molecule has 3 aromatic heterocycles. The lowest BCUT2D eigenvalue weighted by atomic mass is 10.1. The number of nitrogens with one attached hydrogen (secondary N) is 1. The summed E-state index contributed by atoms with van der Waals surface area (Å²) in [6, 6.07) is 14.4. The maximum absolute atomic E-state index is 11.3. The fourth-order valence-corrected chi connectivity index (χ4v) is 4.10. The van der Waals surface area contributed by atoms with E-state index in [1.54, 1.807) is 30.7 Å². The van der Waals surface area contributed by atoms with Crippen LogP contribution in [0.2, 0.25) is 0 Å². The highest BCUT2D eigenvalue weighted by Crippen LogP contribution is 2.32. The number of H-pyrrole nitrogens is 1. The largest absolute Gasteiger partial charge is 0.497 e. The highest BCUT2D eigenvalue weighted by atomic mass is 32.1. The van der Waals surface area contributed by atoms with Crippen molar-refractivity contribution >= 4 is 22.0 Å². The third-order valence-corrected chi connectivity index (χ3v) is 5.86. The molecule has 5 rings (SSSR count). The predicted octanol–water partition coefficient (Wildman–Crippen LogP) is 4.14. The quantitative estimate of drug-likeness (QED) is 0.326. The average molecular weight is 433 g/mol. The van der Waals surface area contributed by atoms with Gasteiger partial charge in [-0.05, 0) is 37.3 Å². The van der Waals surface area contributed by atoms with Crippen molar-refractivity contribution in [2.45, 2.75) is 6.92 Å². The highest BCUT2D eigenvalue weighted by molar-refractivity contribution is 7.19. The number of methoxy groups -OCH3 is 1. The Labute approximate surface area is 179 Å². The van der Waals surface area contributed by atoms with Gasteiger partial charge in [-0.25, -0.2) is 0 Å². The van der Waals surface area contributed by atoms with E-state index in [9.17, 15) is 10.1 Å². The summed E-state index contributed by atoms with van der Waals surface area (Å²) in [7, 11) is 1.62. The number of fused-ring (bicyclic) bond motifs is 1. The topological polar surface area (TPSA) is 124 Å². The first kappa shape index (κ1) is 18.9. The predicted molar refractivity (Wildman–Crippen MR) is 115 cm³/mol. The van der Waals surface area contributed by atoms with Gasteiger partial charge in [-0.15, -0.1) is 10.2 Å². The van der Waals surface area contributed by atoms with Gasteiger partial charge in [0.05, 0.1) is 23.4 Å². The van der Waals surface area contributed by atoms with E-state index >= 15 is 0 Å². The van der Waals surface area contributed by atoms with Gasteiger partial charge in [0, 0.05) is 22.8 Å². The summed E-state index contributed by atoms with van der Waals surface area (Å²) in [6.45, 7) is 1.69. The van der Waals surface area contributed by atoms with E-state index in [0.717, 1.165) is 22.7 Å². The number of nitrogens with zero attached hydrogens (tertiary/aromatic N) is 6. The van der Waals surface area contributed by atoms with Gasteiger partial charge in [-0.1, -0.05) is 23.5 Å². The molecule has 5 aromatic rings. The molecular weight excluding hydrogens is 418 g/mol. The number of ether oxygens (including phenoxy) is 1. The van der Waals surface area contributed by atoms with Crippen LogP contribution in [-0.2, 0) is 0 Å². The lowest BCUT2D eigenvalue weighted by Gasteiger charge is -2.03. The summed E-state index contributed by atoms with van der Waals surface area (Å²) in [5.74, 6) is 1.23. The standard InChI is InChI=1S/C20H15N7O3S/c1-11-14(4-3-5-17(11)27(28)29)18-23-24-20-26(18)25-19(31-20)16-10-15(21-22-16)12-6-8-13(30-2)9-7-12/h3-10H,1-2H3,(H,21,22). The van der Waals surface area contributed by atoms with E-state index < -0.39 is 4.92 Å². The zero-order valence-corrected chi connectivity index (χ0v) is 17.3. The van der Waals surface area contributed by atoms with Crippen molar-refractivity contribution in [1.82, 2.24) is 30.0 Å². The third kappa shape index (κ3) is 3.20. The number of aromatic nitrogens is 6. The van der Waals surface area contributed by atoms with Gasteiger partial charge in [0.2, 0.25) is 4.96 Å². The molecule has 1 N–H and O–H groups in total. The van der Waals surface area contributed by atoms with Crippen molar-refractivity contribution in [2.24, 2.45) is 0 Å². The number of nitro groups is 1. The van der Waals surface area contributed by atoms with Gasteiger partial charge >= 0.3 is 0 Å². The van der Waals surface area contributed by atoms with Gasteiger partial charge in [-0.2, -0.15) is 14.7 Å². The summed E-state index contributed by atoms with van der Waals surface area (Å²) in [6.07, 6.45) is 0. The molecule has 0 unspecified atom stereocenters. The first-order chi connectivity index (χ1) is 15.0. The number of hydrogen-bond donors (Lipinski definition) is 1. The molecule has 0 amide bonds. The van der Waals surface area contributed by atoms with Crippen molar-refractivity contribution in [3.63, 3.8) is 0 Å². The average Bonchev–Trinajstić information content (AvgIpc) is 3.49. The van der Waals surface area contributed by atoms with Crippen LogP contribution >= 0.6 is 11.3 Å². The zero-order chi connectivity index (χ0) is 21.5. The summed E-state index contributed by atoms with van der Waals surface area (Å²) >= 11 is 1.35. The number of benzene rings is 2. The van der Waals surface area contributed by atoms with Crippen LogP contribution in [0, 0.1) is 17.0 Å². The van der Waals surface area contributed by atoms with Gasteiger partial charge in [0.1, 0.15) is 5.75 Å². The summed E-state index contributed by atoms with van der Waals surface area (Å²) < 4.78 is 6.79. The van der Waals surface area contributed by atoms with Crippen molar-refractivity contribution < 1.29 is 9.66 Å². The summed E-state index contributed by atoms with van der Waals surface area (Å²) in [5.41, 5.74) is 3.62. The Morgan fingerprint density at radius 1 is 1.16 bits per heavy atom. The fourth-order valence-electron chi connectivity index (χ4n) is 3.30.